The number of carbonyl (C=O) groups is 2. The van der Waals surface area contributed by atoms with E-state index in [1.54, 1.807) is 14.0 Å². The highest BCUT2D eigenvalue weighted by Gasteiger charge is 2.23. The first kappa shape index (κ1) is 16.2. The van der Waals surface area contributed by atoms with E-state index in [0.717, 1.165) is 24.2 Å². The summed E-state index contributed by atoms with van der Waals surface area (Å²) >= 11 is 0. The molecule has 0 aliphatic rings. The fraction of sp³-hybridized carbons (Fsp3) is 0.500. The van der Waals surface area contributed by atoms with Gasteiger partial charge in [-0.05, 0) is 50.8 Å². The third-order valence-electron chi connectivity index (χ3n) is 3.15. The van der Waals surface area contributed by atoms with Gasteiger partial charge in [0, 0.05) is 0 Å². The minimum absolute atomic E-state index is 0.130. The Labute approximate surface area is 120 Å². The highest BCUT2D eigenvalue weighted by Crippen LogP contribution is 2.17. The third kappa shape index (κ3) is 5.03. The second-order valence-corrected chi connectivity index (χ2v) is 4.66. The van der Waals surface area contributed by atoms with Gasteiger partial charge in [0.05, 0.1) is 13.7 Å². The zero-order chi connectivity index (χ0) is 15.0. The van der Waals surface area contributed by atoms with Gasteiger partial charge in [0.2, 0.25) is 0 Å². The van der Waals surface area contributed by atoms with Crippen LogP contribution in [0.4, 0.5) is 0 Å². The van der Waals surface area contributed by atoms with Crippen LogP contribution in [0.15, 0.2) is 24.3 Å². The summed E-state index contributed by atoms with van der Waals surface area (Å²) in [6, 6.07) is 7.80. The second kappa shape index (κ2) is 8.35. The molecule has 0 radical (unpaired) electrons. The van der Waals surface area contributed by atoms with Crippen molar-refractivity contribution in [3.05, 3.63) is 29.8 Å². The molecule has 0 fully saturated rings. The van der Waals surface area contributed by atoms with Gasteiger partial charge in [-0.15, -0.1) is 0 Å². The molecule has 1 rings (SSSR count). The number of esters is 1. The number of Topliss-reactive ketones (excluding diaryl/α,β-unsaturated/α-hetero) is 1. The molecule has 20 heavy (non-hydrogen) atoms. The van der Waals surface area contributed by atoms with Gasteiger partial charge < -0.3 is 9.47 Å². The van der Waals surface area contributed by atoms with Crippen molar-refractivity contribution in [3.8, 4) is 5.75 Å². The number of rotatable bonds is 8. The molecule has 4 nitrogen and oxygen atoms in total. The van der Waals surface area contributed by atoms with Gasteiger partial charge in [-0.3, -0.25) is 9.59 Å². The maximum atomic E-state index is 11.7. The lowest BCUT2D eigenvalue weighted by atomic mass is 9.96. The molecule has 0 aliphatic heterocycles. The number of hydrogen-bond acceptors (Lipinski definition) is 4. The van der Waals surface area contributed by atoms with Crippen LogP contribution in [0.5, 0.6) is 5.75 Å². The maximum absolute atomic E-state index is 11.7. The molecule has 1 atom stereocenters. The number of aryl methyl sites for hydroxylation is 1. The van der Waals surface area contributed by atoms with Crippen LogP contribution >= 0.6 is 0 Å². The molecular weight excluding hydrogens is 256 g/mol. The monoisotopic (exact) mass is 278 g/mol. The van der Waals surface area contributed by atoms with E-state index in [2.05, 4.69) is 0 Å². The fourth-order valence-corrected chi connectivity index (χ4v) is 2.07. The number of carbonyl (C=O) groups excluding carboxylic acids is 2. The average Bonchev–Trinajstić information content (AvgIpc) is 2.43. The van der Waals surface area contributed by atoms with Crippen molar-refractivity contribution in [1.82, 2.24) is 0 Å². The SMILES string of the molecule is CCOC(=O)C(CCCc1cccc(OC)c1)C(C)=O. The Morgan fingerprint density at radius 1 is 1.30 bits per heavy atom. The van der Waals surface area contributed by atoms with E-state index in [0.29, 0.717) is 13.0 Å². The minimum Gasteiger partial charge on any atom is -0.497 e. The average molecular weight is 278 g/mol. The van der Waals surface area contributed by atoms with Gasteiger partial charge in [-0.1, -0.05) is 12.1 Å². The first-order valence-electron chi connectivity index (χ1n) is 6.88. The predicted molar refractivity (Wildman–Crippen MR) is 76.7 cm³/mol. The maximum Gasteiger partial charge on any atom is 0.316 e. The van der Waals surface area contributed by atoms with E-state index in [-0.39, 0.29) is 5.78 Å². The van der Waals surface area contributed by atoms with Crippen LogP contribution in [-0.2, 0) is 20.7 Å². The summed E-state index contributed by atoms with van der Waals surface area (Å²) in [7, 11) is 1.63. The Morgan fingerprint density at radius 3 is 2.65 bits per heavy atom. The van der Waals surface area contributed by atoms with E-state index in [9.17, 15) is 9.59 Å². The first-order chi connectivity index (χ1) is 9.58. The molecule has 0 aliphatic carbocycles. The Hall–Kier alpha value is -1.84. The molecule has 1 aromatic rings. The molecule has 1 aromatic carbocycles. The van der Waals surface area contributed by atoms with Crippen LogP contribution in [-0.4, -0.2) is 25.5 Å². The summed E-state index contributed by atoms with van der Waals surface area (Å²) in [6.07, 6.45) is 2.09. The second-order valence-electron chi connectivity index (χ2n) is 4.66. The molecule has 0 N–H and O–H groups in total. The van der Waals surface area contributed by atoms with Gasteiger partial charge in [0.15, 0.2) is 0 Å². The van der Waals surface area contributed by atoms with E-state index in [4.69, 9.17) is 9.47 Å². The zero-order valence-electron chi connectivity index (χ0n) is 12.3. The van der Waals surface area contributed by atoms with E-state index < -0.39 is 11.9 Å². The molecule has 0 amide bonds. The zero-order valence-corrected chi connectivity index (χ0v) is 12.3. The van der Waals surface area contributed by atoms with Crippen molar-refractivity contribution < 1.29 is 19.1 Å². The number of ether oxygens (including phenoxy) is 2. The number of benzene rings is 1. The molecule has 1 unspecified atom stereocenters. The molecule has 0 spiro atoms. The topological polar surface area (TPSA) is 52.6 Å². The van der Waals surface area contributed by atoms with Crippen molar-refractivity contribution >= 4 is 11.8 Å². The van der Waals surface area contributed by atoms with Crippen molar-refractivity contribution in [2.45, 2.75) is 33.1 Å². The van der Waals surface area contributed by atoms with Crippen LogP contribution in [0.1, 0.15) is 32.3 Å². The highest BCUT2D eigenvalue weighted by molar-refractivity contribution is 5.97. The largest absolute Gasteiger partial charge is 0.497 e. The first-order valence-corrected chi connectivity index (χ1v) is 6.88. The van der Waals surface area contributed by atoms with Gasteiger partial charge in [-0.25, -0.2) is 0 Å². The standard InChI is InChI=1S/C16H22O4/c1-4-20-16(18)15(12(2)17)10-6-8-13-7-5-9-14(11-13)19-3/h5,7,9,11,15H,4,6,8,10H2,1-3H3. The summed E-state index contributed by atoms with van der Waals surface area (Å²) < 4.78 is 10.1. The lowest BCUT2D eigenvalue weighted by molar-refractivity contribution is -0.151. The van der Waals surface area contributed by atoms with E-state index in [1.807, 2.05) is 24.3 Å². The normalized spacial score (nSPS) is 11.8. The molecule has 0 saturated heterocycles. The summed E-state index contributed by atoms with van der Waals surface area (Å²) in [5.41, 5.74) is 1.13. The van der Waals surface area contributed by atoms with Crippen LogP contribution in [0, 0.1) is 5.92 Å². The lowest BCUT2D eigenvalue weighted by Crippen LogP contribution is -2.24. The lowest BCUT2D eigenvalue weighted by Gasteiger charge is -2.12. The van der Waals surface area contributed by atoms with Gasteiger partial charge in [0.1, 0.15) is 17.5 Å². The Morgan fingerprint density at radius 2 is 2.05 bits per heavy atom. The molecule has 110 valence electrons. The van der Waals surface area contributed by atoms with Crippen LogP contribution in [0.2, 0.25) is 0 Å². The van der Waals surface area contributed by atoms with Crippen LogP contribution < -0.4 is 4.74 Å². The summed E-state index contributed by atoms with van der Waals surface area (Å²) in [5.74, 6) is -0.365. The highest BCUT2D eigenvalue weighted by atomic mass is 16.5. The van der Waals surface area contributed by atoms with E-state index in [1.165, 1.54) is 6.92 Å². The van der Waals surface area contributed by atoms with Crippen molar-refractivity contribution in [3.63, 3.8) is 0 Å². The smallest absolute Gasteiger partial charge is 0.316 e. The quantitative estimate of drug-likeness (QED) is 0.542. The van der Waals surface area contributed by atoms with Gasteiger partial charge in [0.25, 0.3) is 0 Å². The summed E-state index contributed by atoms with van der Waals surface area (Å²) in [6.45, 7) is 3.48. The van der Waals surface area contributed by atoms with E-state index >= 15 is 0 Å². The van der Waals surface area contributed by atoms with Crippen molar-refractivity contribution in [2.24, 2.45) is 5.92 Å². The molecule has 0 bridgehead atoms. The molecule has 0 heterocycles. The molecular formula is C16H22O4. The summed E-state index contributed by atoms with van der Waals surface area (Å²) in [5, 5.41) is 0. The minimum atomic E-state index is -0.638. The molecule has 0 aromatic heterocycles. The molecule has 4 heteroatoms. The number of ketones is 1. The van der Waals surface area contributed by atoms with Crippen LogP contribution in [0.3, 0.4) is 0 Å². The predicted octanol–water partition coefficient (Wildman–Crippen LogP) is 2.79. The Balaban J connectivity index is 2.51. The Bertz CT molecular complexity index is 454. The molecule has 0 saturated carbocycles. The Kier molecular flexibility index (Phi) is 6.77. The van der Waals surface area contributed by atoms with Gasteiger partial charge in [-0.2, -0.15) is 0 Å². The summed E-state index contributed by atoms with van der Waals surface area (Å²) in [4.78, 5) is 23.1. The number of methoxy groups -OCH3 is 1. The third-order valence-corrected chi connectivity index (χ3v) is 3.15. The van der Waals surface area contributed by atoms with Gasteiger partial charge >= 0.3 is 5.97 Å². The fourth-order valence-electron chi connectivity index (χ4n) is 2.07. The number of hydrogen-bond donors (Lipinski definition) is 0. The van der Waals surface area contributed by atoms with Crippen molar-refractivity contribution in [1.29, 1.82) is 0 Å². The van der Waals surface area contributed by atoms with Crippen molar-refractivity contribution in [2.75, 3.05) is 13.7 Å². The van der Waals surface area contributed by atoms with Crippen LogP contribution in [0.25, 0.3) is 0 Å².